The molecule has 0 aliphatic carbocycles. The maximum atomic E-state index is 10.8. The molecule has 3 N–H and O–H groups in total. The molecule has 2 atom stereocenters. The Balaban J connectivity index is 2.79. The first-order chi connectivity index (χ1) is 9.91. The topological polar surface area (TPSA) is 98.1 Å². The zero-order chi connectivity index (χ0) is 15.8. The highest BCUT2D eigenvalue weighted by Crippen LogP contribution is 2.23. The van der Waals surface area contributed by atoms with Crippen LogP contribution < -0.4 is 0 Å². The summed E-state index contributed by atoms with van der Waals surface area (Å²) in [6, 6.07) is 8.51. The van der Waals surface area contributed by atoms with Gasteiger partial charge in [-0.25, -0.2) is 0 Å². The van der Waals surface area contributed by atoms with Gasteiger partial charge in [-0.15, -0.1) is 0 Å². The van der Waals surface area contributed by atoms with Gasteiger partial charge in [0.1, 0.15) is 0 Å². The third-order valence-electron chi connectivity index (χ3n) is 3.40. The molecule has 0 saturated heterocycles. The van der Waals surface area contributed by atoms with E-state index in [-0.39, 0.29) is 25.8 Å². The van der Waals surface area contributed by atoms with Gasteiger partial charge in [-0.05, 0) is 19.0 Å². The highest BCUT2D eigenvalue weighted by Gasteiger charge is 2.25. The van der Waals surface area contributed by atoms with Crippen molar-refractivity contribution < 1.29 is 24.9 Å². The second-order valence-electron chi connectivity index (χ2n) is 4.98. The van der Waals surface area contributed by atoms with Crippen molar-refractivity contribution in [3.05, 3.63) is 35.9 Å². The van der Waals surface area contributed by atoms with Gasteiger partial charge in [0.2, 0.25) is 0 Å². The normalized spacial score (nSPS) is 13.9. The summed E-state index contributed by atoms with van der Waals surface area (Å²) in [6.45, 7) is 0.253. The number of aliphatic carboxylic acids is 2. The van der Waals surface area contributed by atoms with Crippen molar-refractivity contribution in [2.45, 2.75) is 31.4 Å². The molecule has 0 radical (unpaired) electrons. The Morgan fingerprint density at radius 1 is 1.10 bits per heavy atom. The van der Waals surface area contributed by atoms with Crippen LogP contribution in [-0.2, 0) is 9.59 Å². The van der Waals surface area contributed by atoms with Crippen LogP contribution in [0, 0.1) is 0 Å². The minimum Gasteiger partial charge on any atom is -0.481 e. The van der Waals surface area contributed by atoms with E-state index in [2.05, 4.69) is 0 Å². The molecular formula is C15H21NO5. The summed E-state index contributed by atoms with van der Waals surface area (Å²) in [5.41, 5.74) is 0.690. The van der Waals surface area contributed by atoms with E-state index in [0.717, 1.165) is 0 Å². The van der Waals surface area contributed by atoms with Crippen molar-refractivity contribution in [1.82, 2.24) is 4.90 Å². The number of carboxylic acid groups (broad SMARTS) is 2. The molecule has 1 aromatic carbocycles. The molecule has 0 aliphatic heterocycles. The predicted octanol–water partition coefficient (Wildman–Crippen LogP) is 1.36. The molecule has 6 heteroatoms. The maximum Gasteiger partial charge on any atom is 0.304 e. The molecule has 0 bridgehead atoms. The summed E-state index contributed by atoms with van der Waals surface area (Å²) in [6.07, 6.45) is -0.737. The molecule has 0 spiro atoms. The highest BCUT2D eigenvalue weighted by molar-refractivity contribution is 5.67. The molecule has 2 unspecified atom stereocenters. The van der Waals surface area contributed by atoms with E-state index in [1.807, 2.05) is 6.07 Å². The van der Waals surface area contributed by atoms with Crippen LogP contribution in [0.4, 0.5) is 0 Å². The highest BCUT2D eigenvalue weighted by atomic mass is 16.4. The fraction of sp³-hybridized carbons (Fsp3) is 0.467. The predicted molar refractivity (Wildman–Crippen MR) is 76.9 cm³/mol. The quantitative estimate of drug-likeness (QED) is 0.636. The summed E-state index contributed by atoms with van der Waals surface area (Å²) in [7, 11) is 1.70. The number of carbonyl (C=O) groups is 2. The number of hydrogen-bond acceptors (Lipinski definition) is 4. The standard InChI is InChI=1S/C15H21NO5/c1-16(10-9-14(19)20)12(7-8-13(17)18)15(21)11-5-3-2-4-6-11/h2-6,12,15,21H,7-10H2,1H3,(H,17,18)(H,19,20). The van der Waals surface area contributed by atoms with Crippen LogP contribution in [0.25, 0.3) is 0 Å². The molecule has 0 heterocycles. The Morgan fingerprint density at radius 2 is 1.67 bits per heavy atom. The third-order valence-corrected chi connectivity index (χ3v) is 3.40. The number of benzene rings is 1. The molecule has 0 aliphatic rings. The number of aliphatic hydroxyl groups excluding tert-OH is 1. The second kappa shape index (κ2) is 8.39. The van der Waals surface area contributed by atoms with Crippen LogP contribution in [0.2, 0.25) is 0 Å². The number of nitrogens with zero attached hydrogens (tertiary/aromatic N) is 1. The molecule has 0 amide bonds. The lowest BCUT2D eigenvalue weighted by atomic mass is 9.97. The van der Waals surface area contributed by atoms with Gasteiger partial charge in [-0.3, -0.25) is 14.5 Å². The van der Waals surface area contributed by atoms with Crippen LogP contribution >= 0.6 is 0 Å². The lowest BCUT2D eigenvalue weighted by Crippen LogP contribution is -2.38. The number of rotatable bonds is 9. The Labute approximate surface area is 123 Å². The number of likely N-dealkylation sites (N-methyl/N-ethyl adjacent to an activating group) is 1. The van der Waals surface area contributed by atoms with E-state index in [1.165, 1.54) is 0 Å². The summed E-state index contributed by atoms with van der Waals surface area (Å²) < 4.78 is 0. The SMILES string of the molecule is CN(CCC(=O)O)C(CCC(=O)O)C(O)c1ccccc1. The average molecular weight is 295 g/mol. The Morgan fingerprint density at radius 3 is 2.19 bits per heavy atom. The first kappa shape index (κ1) is 17.1. The van der Waals surface area contributed by atoms with Gasteiger partial charge >= 0.3 is 11.9 Å². The van der Waals surface area contributed by atoms with Gasteiger partial charge < -0.3 is 15.3 Å². The number of carboxylic acids is 2. The number of aliphatic hydroxyl groups is 1. The van der Waals surface area contributed by atoms with E-state index < -0.39 is 24.1 Å². The minimum atomic E-state index is -0.938. The third kappa shape index (κ3) is 5.93. The second-order valence-corrected chi connectivity index (χ2v) is 4.98. The van der Waals surface area contributed by atoms with Crippen molar-refractivity contribution in [2.24, 2.45) is 0 Å². The van der Waals surface area contributed by atoms with Crippen LogP contribution in [-0.4, -0.2) is 51.8 Å². The zero-order valence-electron chi connectivity index (χ0n) is 12.0. The Bertz CT molecular complexity index is 462. The largest absolute Gasteiger partial charge is 0.481 e. The van der Waals surface area contributed by atoms with Crippen LogP contribution in [0.15, 0.2) is 30.3 Å². The summed E-state index contributed by atoms with van der Waals surface area (Å²) >= 11 is 0. The van der Waals surface area contributed by atoms with Crippen molar-refractivity contribution in [3.63, 3.8) is 0 Å². The maximum absolute atomic E-state index is 10.8. The molecule has 0 saturated carbocycles. The van der Waals surface area contributed by atoms with E-state index in [9.17, 15) is 14.7 Å². The van der Waals surface area contributed by atoms with Crippen molar-refractivity contribution in [3.8, 4) is 0 Å². The van der Waals surface area contributed by atoms with Gasteiger partial charge in [0.05, 0.1) is 12.5 Å². The monoisotopic (exact) mass is 295 g/mol. The Kier molecular flexibility index (Phi) is 6.84. The fourth-order valence-corrected chi connectivity index (χ4v) is 2.20. The summed E-state index contributed by atoms with van der Waals surface area (Å²) in [5, 5.41) is 28.0. The molecule has 0 aromatic heterocycles. The van der Waals surface area contributed by atoms with Gasteiger partial charge in [-0.2, -0.15) is 0 Å². The van der Waals surface area contributed by atoms with E-state index >= 15 is 0 Å². The van der Waals surface area contributed by atoms with Crippen molar-refractivity contribution in [1.29, 1.82) is 0 Å². The van der Waals surface area contributed by atoms with Crippen molar-refractivity contribution >= 4 is 11.9 Å². The fourth-order valence-electron chi connectivity index (χ4n) is 2.20. The smallest absolute Gasteiger partial charge is 0.304 e. The van der Waals surface area contributed by atoms with Gasteiger partial charge in [0, 0.05) is 19.0 Å². The van der Waals surface area contributed by atoms with E-state index in [4.69, 9.17) is 10.2 Å². The average Bonchev–Trinajstić information content (AvgIpc) is 2.45. The van der Waals surface area contributed by atoms with Crippen LogP contribution in [0.1, 0.15) is 30.9 Å². The minimum absolute atomic E-state index is 0.0540. The molecule has 1 aromatic rings. The molecule has 116 valence electrons. The first-order valence-electron chi connectivity index (χ1n) is 6.78. The van der Waals surface area contributed by atoms with Gasteiger partial charge in [0.15, 0.2) is 0 Å². The van der Waals surface area contributed by atoms with Crippen molar-refractivity contribution in [2.75, 3.05) is 13.6 Å². The van der Waals surface area contributed by atoms with Crippen LogP contribution in [0.5, 0.6) is 0 Å². The van der Waals surface area contributed by atoms with E-state index in [0.29, 0.717) is 5.56 Å². The van der Waals surface area contributed by atoms with Crippen LogP contribution in [0.3, 0.4) is 0 Å². The number of hydrogen-bond donors (Lipinski definition) is 3. The van der Waals surface area contributed by atoms with Gasteiger partial charge in [0.25, 0.3) is 0 Å². The molecule has 21 heavy (non-hydrogen) atoms. The lowest BCUT2D eigenvalue weighted by molar-refractivity contribution is -0.139. The molecule has 1 rings (SSSR count). The summed E-state index contributed by atoms with van der Waals surface area (Å²) in [5.74, 6) is -1.86. The van der Waals surface area contributed by atoms with Gasteiger partial charge in [-0.1, -0.05) is 30.3 Å². The Hall–Kier alpha value is -1.92. The first-order valence-corrected chi connectivity index (χ1v) is 6.78. The lowest BCUT2D eigenvalue weighted by Gasteiger charge is -2.31. The molecule has 0 fully saturated rings. The van der Waals surface area contributed by atoms with E-state index in [1.54, 1.807) is 36.2 Å². The molecular weight excluding hydrogens is 274 g/mol. The summed E-state index contributed by atoms with van der Waals surface area (Å²) in [4.78, 5) is 23.1. The zero-order valence-corrected chi connectivity index (χ0v) is 12.0. The molecule has 6 nitrogen and oxygen atoms in total.